The minimum Gasteiger partial charge on any atom is -0.268 e. The highest BCUT2D eigenvalue weighted by atomic mass is 35.5. The van der Waals surface area contributed by atoms with Crippen LogP contribution in [0.1, 0.15) is 25.2 Å². The Labute approximate surface area is 146 Å². The lowest BCUT2D eigenvalue weighted by Crippen LogP contribution is -2.13. The number of rotatable bonds is 2. The Balaban J connectivity index is 1.96. The summed E-state index contributed by atoms with van der Waals surface area (Å²) in [5, 5.41) is 5.39. The van der Waals surface area contributed by atoms with Gasteiger partial charge in [-0.05, 0) is 48.6 Å². The summed E-state index contributed by atoms with van der Waals surface area (Å²) in [6, 6.07) is 9.94. The van der Waals surface area contributed by atoms with Gasteiger partial charge < -0.3 is 0 Å². The highest BCUT2D eigenvalue weighted by molar-refractivity contribution is 6.29. The molecule has 0 amide bonds. The molecule has 0 N–H and O–H groups in total. The zero-order chi connectivity index (χ0) is 16.9. The van der Waals surface area contributed by atoms with E-state index in [4.69, 9.17) is 16.7 Å². The Kier molecular flexibility index (Phi) is 3.46. The quantitative estimate of drug-likeness (QED) is 0.644. The van der Waals surface area contributed by atoms with E-state index in [0.717, 1.165) is 41.2 Å². The standard InChI is InChI=1S/C19H19ClN4/c1-12-5-4-6-14(22-12)18-17(13-7-8-21-16(20)9-13)15-10-19(2,3)11-24(15)23-18/h4-9H,10-11H2,1-3H3. The average Bonchev–Trinajstić information content (AvgIpc) is 2.98. The summed E-state index contributed by atoms with van der Waals surface area (Å²) in [6.07, 6.45) is 2.73. The molecule has 0 aliphatic carbocycles. The van der Waals surface area contributed by atoms with Gasteiger partial charge in [-0.2, -0.15) is 5.10 Å². The molecule has 0 fully saturated rings. The Morgan fingerprint density at radius 1 is 1.21 bits per heavy atom. The van der Waals surface area contributed by atoms with Gasteiger partial charge in [0.1, 0.15) is 10.8 Å². The molecule has 0 radical (unpaired) electrons. The average molecular weight is 339 g/mol. The molecule has 4 heterocycles. The molecule has 0 unspecified atom stereocenters. The molecule has 0 saturated heterocycles. The summed E-state index contributed by atoms with van der Waals surface area (Å²) >= 11 is 6.14. The maximum Gasteiger partial charge on any atom is 0.129 e. The minimum absolute atomic E-state index is 0.215. The number of fused-ring (bicyclic) bond motifs is 1. The zero-order valence-electron chi connectivity index (χ0n) is 14.0. The van der Waals surface area contributed by atoms with Crippen molar-refractivity contribution in [3.63, 3.8) is 0 Å². The summed E-state index contributed by atoms with van der Waals surface area (Å²) in [4.78, 5) is 8.79. The van der Waals surface area contributed by atoms with Crippen LogP contribution < -0.4 is 0 Å². The molecule has 1 aliphatic rings. The van der Waals surface area contributed by atoms with Gasteiger partial charge in [-0.25, -0.2) is 4.98 Å². The summed E-state index contributed by atoms with van der Waals surface area (Å²) in [5.74, 6) is 0. The SMILES string of the molecule is Cc1cccc(-c2nn3c(c2-c2ccnc(Cl)c2)CC(C)(C)C3)n1. The largest absolute Gasteiger partial charge is 0.268 e. The third-order valence-corrected chi connectivity index (χ3v) is 4.63. The molecule has 3 aromatic heterocycles. The molecule has 4 rings (SSSR count). The van der Waals surface area contributed by atoms with Crippen molar-refractivity contribution in [1.29, 1.82) is 0 Å². The fourth-order valence-corrected chi connectivity index (χ4v) is 3.61. The molecule has 0 bridgehead atoms. The Hall–Kier alpha value is -2.20. The molecule has 3 aromatic rings. The van der Waals surface area contributed by atoms with Crippen molar-refractivity contribution in [2.45, 2.75) is 33.7 Å². The molecule has 5 heteroatoms. The van der Waals surface area contributed by atoms with Gasteiger partial charge in [-0.3, -0.25) is 9.67 Å². The summed E-state index contributed by atoms with van der Waals surface area (Å²) in [6.45, 7) is 7.46. The summed E-state index contributed by atoms with van der Waals surface area (Å²) in [7, 11) is 0. The lowest BCUT2D eigenvalue weighted by Gasteiger charge is -2.15. The highest BCUT2D eigenvalue weighted by Crippen LogP contribution is 2.42. The first-order chi connectivity index (χ1) is 11.4. The Bertz CT molecular complexity index is 927. The summed E-state index contributed by atoms with van der Waals surface area (Å²) < 4.78 is 2.13. The van der Waals surface area contributed by atoms with Crippen molar-refractivity contribution in [1.82, 2.24) is 19.7 Å². The van der Waals surface area contributed by atoms with Crippen LogP contribution in [-0.4, -0.2) is 19.7 Å². The first-order valence-corrected chi connectivity index (χ1v) is 8.46. The number of nitrogens with zero attached hydrogens (tertiary/aromatic N) is 4. The predicted molar refractivity (Wildman–Crippen MR) is 95.9 cm³/mol. The smallest absolute Gasteiger partial charge is 0.129 e. The third-order valence-electron chi connectivity index (χ3n) is 4.43. The zero-order valence-corrected chi connectivity index (χ0v) is 14.8. The molecular weight excluding hydrogens is 320 g/mol. The van der Waals surface area contributed by atoms with Crippen LogP contribution in [0.5, 0.6) is 0 Å². The van der Waals surface area contributed by atoms with Gasteiger partial charge in [-0.15, -0.1) is 0 Å². The fourth-order valence-electron chi connectivity index (χ4n) is 3.44. The van der Waals surface area contributed by atoms with Crippen LogP contribution >= 0.6 is 11.6 Å². The van der Waals surface area contributed by atoms with Gasteiger partial charge >= 0.3 is 0 Å². The van der Waals surface area contributed by atoms with Crippen LogP contribution in [0.25, 0.3) is 22.5 Å². The maximum absolute atomic E-state index is 6.14. The van der Waals surface area contributed by atoms with E-state index < -0.39 is 0 Å². The molecular formula is C19H19ClN4. The van der Waals surface area contributed by atoms with Crippen LogP contribution in [0.4, 0.5) is 0 Å². The minimum atomic E-state index is 0.215. The molecule has 0 spiro atoms. The van der Waals surface area contributed by atoms with E-state index in [-0.39, 0.29) is 5.41 Å². The second-order valence-corrected chi connectivity index (χ2v) is 7.59. The van der Waals surface area contributed by atoms with Gasteiger partial charge in [0.25, 0.3) is 0 Å². The molecule has 0 atom stereocenters. The highest BCUT2D eigenvalue weighted by Gasteiger charge is 2.34. The maximum atomic E-state index is 6.14. The molecule has 122 valence electrons. The first-order valence-electron chi connectivity index (χ1n) is 8.09. The lowest BCUT2D eigenvalue weighted by molar-refractivity contribution is 0.347. The van der Waals surface area contributed by atoms with Crippen LogP contribution in [0, 0.1) is 12.3 Å². The second kappa shape index (κ2) is 5.42. The predicted octanol–water partition coefficient (Wildman–Crippen LogP) is 4.55. The molecule has 4 nitrogen and oxygen atoms in total. The van der Waals surface area contributed by atoms with Crippen LogP contribution in [0.3, 0.4) is 0 Å². The second-order valence-electron chi connectivity index (χ2n) is 7.20. The molecule has 0 aromatic carbocycles. The Morgan fingerprint density at radius 3 is 2.79 bits per heavy atom. The van der Waals surface area contributed by atoms with Crippen LogP contribution in [-0.2, 0) is 13.0 Å². The normalized spacial score (nSPS) is 15.5. The van der Waals surface area contributed by atoms with Crippen LogP contribution in [0.2, 0.25) is 5.15 Å². The number of halogens is 1. The number of hydrogen-bond acceptors (Lipinski definition) is 3. The van der Waals surface area contributed by atoms with Crippen LogP contribution in [0.15, 0.2) is 36.5 Å². The van der Waals surface area contributed by atoms with Crippen molar-refractivity contribution >= 4 is 11.6 Å². The number of aromatic nitrogens is 4. The van der Waals surface area contributed by atoms with Gasteiger partial charge in [0.05, 0.1) is 5.69 Å². The van der Waals surface area contributed by atoms with Gasteiger partial charge in [0, 0.05) is 29.7 Å². The molecule has 0 saturated carbocycles. The van der Waals surface area contributed by atoms with Gasteiger partial charge in [0.2, 0.25) is 0 Å². The van der Waals surface area contributed by atoms with Crippen molar-refractivity contribution in [2.75, 3.05) is 0 Å². The van der Waals surface area contributed by atoms with E-state index in [1.165, 1.54) is 5.69 Å². The van der Waals surface area contributed by atoms with Gasteiger partial charge in [0.15, 0.2) is 0 Å². The lowest BCUT2D eigenvalue weighted by atomic mass is 9.89. The Morgan fingerprint density at radius 2 is 2.04 bits per heavy atom. The van der Waals surface area contributed by atoms with Crippen molar-refractivity contribution in [3.05, 3.63) is 53.1 Å². The van der Waals surface area contributed by atoms with E-state index >= 15 is 0 Å². The third kappa shape index (κ3) is 2.61. The molecule has 1 aliphatic heterocycles. The number of hydrogen-bond donors (Lipinski definition) is 0. The number of pyridine rings is 2. The van der Waals surface area contributed by atoms with E-state index in [9.17, 15) is 0 Å². The van der Waals surface area contributed by atoms with E-state index in [1.807, 2.05) is 37.3 Å². The van der Waals surface area contributed by atoms with E-state index in [0.29, 0.717) is 5.15 Å². The van der Waals surface area contributed by atoms with Crippen molar-refractivity contribution in [2.24, 2.45) is 5.41 Å². The van der Waals surface area contributed by atoms with E-state index in [1.54, 1.807) is 6.20 Å². The number of aryl methyl sites for hydroxylation is 1. The topological polar surface area (TPSA) is 43.6 Å². The summed E-state index contributed by atoms with van der Waals surface area (Å²) in [5.41, 5.74) is 6.45. The first kappa shape index (κ1) is 15.3. The monoisotopic (exact) mass is 338 g/mol. The van der Waals surface area contributed by atoms with Gasteiger partial charge in [-0.1, -0.05) is 31.5 Å². The molecule has 24 heavy (non-hydrogen) atoms. The van der Waals surface area contributed by atoms with E-state index in [2.05, 4.69) is 28.5 Å². The van der Waals surface area contributed by atoms with Crippen molar-refractivity contribution < 1.29 is 0 Å². The van der Waals surface area contributed by atoms with Crippen molar-refractivity contribution in [3.8, 4) is 22.5 Å². The fraction of sp³-hybridized carbons (Fsp3) is 0.316.